The van der Waals surface area contributed by atoms with Crippen molar-refractivity contribution in [1.29, 1.82) is 0 Å². The number of azide groups is 1. The zero-order chi connectivity index (χ0) is 20.6. The van der Waals surface area contributed by atoms with Crippen LogP contribution in [0.4, 0.5) is 0 Å². The van der Waals surface area contributed by atoms with E-state index >= 15 is 0 Å². The number of ether oxygens (including phenoxy) is 2. The van der Waals surface area contributed by atoms with Gasteiger partial charge in [-0.1, -0.05) is 53.0 Å². The largest absolute Gasteiger partial charge is 0.455 e. The molecular weight excluding hydrogens is 385 g/mol. The molecule has 8 atom stereocenters. The molecule has 4 rings (SSSR count). The van der Waals surface area contributed by atoms with E-state index in [1.54, 1.807) is 6.08 Å². The zero-order valence-electron chi connectivity index (χ0n) is 17.6. The van der Waals surface area contributed by atoms with Gasteiger partial charge in [0.05, 0.1) is 11.6 Å². The molecule has 2 heterocycles. The molecule has 2 saturated carbocycles. The third-order valence-corrected chi connectivity index (χ3v) is 8.80. The lowest BCUT2D eigenvalue weighted by atomic mass is 9.73. The van der Waals surface area contributed by atoms with Crippen molar-refractivity contribution in [3.8, 4) is 0 Å². The van der Waals surface area contributed by atoms with Crippen molar-refractivity contribution in [3.63, 3.8) is 0 Å². The molecule has 160 valence electrons. The normalized spacial score (nSPS) is 44.4. The molecular formula is C22H34N3O3P. The van der Waals surface area contributed by atoms with Crippen molar-refractivity contribution >= 4 is 15.2 Å². The van der Waals surface area contributed by atoms with Crippen LogP contribution in [-0.4, -0.2) is 29.1 Å². The Labute approximate surface area is 176 Å². The molecule has 2 saturated heterocycles. The average molecular weight is 420 g/mol. The summed E-state index contributed by atoms with van der Waals surface area (Å²) in [6, 6.07) is -0.227. The second-order valence-corrected chi connectivity index (χ2v) is 10.7. The third kappa shape index (κ3) is 3.73. The van der Waals surface area contributed by atoms with Gasteiger partial charge in [-0.3, -0.25) is 0 Å². The van der Waals surface area contributed by atoms with Crippen molar-refractivity contribution in [2.24, 2.45) is 28.8 Å². The molecule has 0 aromatic heterocycles. The van der Waals surface area contributed by atoms with Gasteiger partial charge in [0.2, 0.25) is 0 Å². The predicted molar refractivity (Wildman–Crippen MR) is 115 cm³/mol. The topological polar surface area (TPSA) is 84.3 Å². The fourth-order valence-electron chi connectivity index (χ4n) is 6.66. The Balaban J connectivity index is 1.57. The molecule has 0 amide bonds. The molecule has 7 heteroatoms. The fraction of sp³-hybridized carbons (Fsp3) is 0.864. The Morgan fingerprint density at radius 1 is 1.31 bits per heavy atom. The number of fused-ring (bicyclic) bond motifs is 4. The predicted octanol–water partition coefficient (Wildman–Crippen LogP) is 5.53. The second-order valence-electron chi connectivity index (χ2n) is 9.71. The molecule has 0 spiro atoms. The highest BCUT2D eigenvalue weighted by Crippen LogP contribution is 2.63. The van der Waals surface area contributed by atoms with Crippen LogP contribution in [0.5, 0.6) is 0 Å². The van der Waals surface area contributed by atoms with E-state index in [1.165, 1.54) is 32.1 Å². The summed E-state index contributed by atoms with van der Waals surface area (Å²) >= 11 is 0. The molecule has 29 heavy (non-hydrogen) atoms. The quantitative estimate of drug-likeness (QED) is 0.147. The number of nitrogens with zero attached hydrogens (tertiary/aromatic N) is 3. The van der Waals surface area contributed by atoms with Gasteiger partial charge < -0.3 is 9.47 Å². The smallest absolute Gasteiger partial charge is 0.330 e. The number of carbonyl (C=O) groups excluding carboxylic acids is 1. The first-order valence-corrected chi connectivity index (χ1v) is 11.9. The van der Waals surface area contributed by atoms with Gasteiger partial charge in [-0.2, -0.15) is 0 Å². The lowest BCUT2D eigenvalue weighted by molar-refractivity contribution is -0.215. The number of allylic oxidation sites excluding steroid dienone is 1. The highest BCUT2D eigenvalue weighted by molar-refractivity contribution is 7.18. The van der Waals surface area contributed by atoms with E-state index in [1.807, 2.05) is 6.08 Å². The van der Waals surface area contributed by atoms with Crippen molar-refractivity contribution < 1.29 is 14.3 Å². The lowest BCUT2D eigenvalue weighted by Crippen LogP contribution is -2.58. The minimum absolute atomic E-state index is 0.227. The summed E-state index contributed by atoms with van der Waals surface area (Å²) in [4.78, 5) is 15.9. The molecule has 2 bridgehead atoms. The monoisotopic (exact) mass is 419 g/mol. The van der Waals surface area contributed by atoms with Crippen molar-refractivity contribution in [3.05, 3.63) is 22.6 Å². The highest BCUT2D eigenvalue weighted by Gasteiger charge is 2.69. The van der Waals surface area contributed by atoms with Crippen LogP contribution >= 0.6 is 9.24 Å². The van der Waals surface area contributed by atoms with E-state index in [0.717, 1.165) is 19.3 Å². The zero-order valence-corrected chi connectivity index (χ0v) is 18.8. The average Bonchev–Trinajstić information content (AvgIpc) is 3.24. The summed E-state index contributed by atoms with van der Waals surface area (Å²) in [5.41, 5.74) is 8.61. The number of hydrogen-bond acceptors (Lipinski definition) is 4. The van der Waals surface area contributed by atoms with E-state index in [2.05, 4.69) is 33.1 Å². The van der Waals surface area contributed by atoms with Gasteiger partial charge in [0.1, 0.15) is 11.4 Å². The summed E-state index contributed by atoms with van der Waals surface area (Å²) in [5.74, 6) is 1.24. The number of rotatable bonds is 5. The SMILES string of the molecule is CCC1CCC2C1C(OC(=O)/C=C/C1CCCCC1)C1(P)CC(N=[N+]=[N-])C2(C)O1. The Morgan fingerprint density at radius 2 is 2.07 bits per heavy atom. The van der Waals surface area contributed by atoms with Crippen LogP contribution in [-0.2, 0) is 14.3 Å². The van der Waals surface area contributed by atoms with Gasteiger partial charge in [-0.15, -0.1) is 0 Å². The minimum atomic E-state index is -0.680. The Kier molecular flexibility index (Phi) is 5.99. The van der Waals surface area contributed by atoms with Gasteiger partial charge in [0.25, 0.3) is 0 Å². The maximum atomic E-state index is 12.8. The van der Waals surface area contributed by atoms with Gasteiger partial charge in [-0.05, 0) is 62.3 Å². The maximum Gasteiger partial charge on any atom is 0.330 e. The van der Waals surface area contributed by atoms with E-state index < -0.39 is 10.9 Å². The summed E-state index contributed by atoms with van der Waals surface area (Å²) in [6.07, 6.45) is 13.3. The van der Waals surface area contributed by atoms with Crippen molar-refractivity contribution in [2.45, 2.75) is 94.7 Å². The minimum Gasteiger partial charge on any atom is -0.455 e. The number of hydrogen-bond donors (Lipinski definition) is 0. The van der Waals surface area contributed by atoms with Crippen LogP contribution in [0.25, 0.3) is 10.4 Å². The number of carbonyl (C=O) groups is 1. The second kappa shape index (κ2) is 8.21. The Morgan fingerprint density at radius 3 is 2.76 bits per heavy atom. The van der Waals surface area contributed by atoms with Crippen LogP contribution in [0, 0.1) is 23.7 Å². The van der Waals surface area contributed by atoms with Crippen LogP contribution in [0.3, 0.4) is 0 Å². The summed E-state index contributed by atoms with van der Waals surface area (Å²) in [5, 5.41) is 3.41. The van der Waals surface area contributed by atoms with E-state index in [0.29, 0.717) is 18.3 Å². The van der Waals surface area contributed by atoms with Gasteiger partial charge >= 0.3 is 5.97 Å². The maximum absolute atomic E-state index is 12.8. The van der Waals surface area contributed by atoms with Crippen LogP contribution in [0.15, 0.2) is 17.3 Å². The standard InChI is InChI=1S/C22H34N3O3P/c1-3-15-10-11-16-19(15)20(22(29)13-17(24-25-23)21(16,2)28-22)27-18(26)12-9-14-7-5-4-6-8-14/h9,12,14-17,19-20H,3-8,10-11,13,29H2,1-2H3/b12-9+. The number of esters is 1. The summed E-state index contributed by atoms with van der Waals surface area (Å²) < 4.78 is 12.7. The fourth-order valence-corrected chi connectivity index (χ4v) is 7.43. The van der Waals surface area contributed by atoms with Gasteiger partial charge in [-0.25, -0.2) is 4.79 Å². The molecule has 0 N–H and O–H groups in total. The van der Waals surface area contributed by atoms with Crippen LogP contribution in [0.1, 0.15) is 71.6 Å². The first kappa shape index (κ1) is 21.2. The Hall–Kier alpha value is -1.09. The molecule has 2 aliphatic heterocycles. The van der Waals surface area contributed by atoms with Crippen molar-refractivity contribution in [1.82, 2.24) is 0 Å². The summed E-state index contributed by atoms with van der Waals surface area (Å²) in [7, 11) is 2.82. The van der Waals surface area contributed by atoms with E-state index in [-0.39, 0.29) is 30.0 Å². The Bertz CT molecular complexity index is 718. The molecule has 0 aromatic rings. The third-order valence-electron chi connectivity index (χ3n) is 8.12. The first-order chi connectivity index (χ1) is 13.9. The first-order valence-electron chi connectivity index (χ1n) is 11.3. The highest BCUT2D eigenvalue weighted by atomic mass is 31.0. The van der Waals surface area contributed by atoms with E-state index in [9.17, 15) is 4.79 Å². The molecule has 0 radical (unpaired) electrons. The van der Waals surface area contributed by atoms with Crippen molar-refractivity contribution in [2.75, 3.05) is 0 Å². The molecule has 2 aliphatic carbocycles. The van der Waals surface area contributed by atoms with Crippen LogP contribution < -0.4 is 0 Å². The van der Waals surface area contributed by atoms with Gasteiger partial charge in [0, 0.05) is 16.9 Å². The molecule has 0 aromatic carbocycles. The summed E-state index contributed by atoms with van der Waals surface area (Å²) in [6.45, 7) is 4.31. The molecule has 4 fully saturated rings. The van der Waals surface area contributed by atoms with Gasteiger partial charge in [0.15, 0.2) is 0 Å². The lowest BCUT2D eigenvalue weighted by Gasteiger charge is -2.50. The molecule has 6 nitrogen and oxygen atoms in total. The molecule has 8 unspecified atom stereocenters. The van der Waals surface area contributed by atoms with E-state index in [4.69, 9.17) is 15.0 Å². The molecule has 4 aliphatic rings. The van der Waals surface area contributed by atoms with Crippen LogP contribution in [0.2, 0.25) is 0 Å².